The molecule has 4 aromatic rings. The van der Waals surface area contributed by atoms with E-state index in [1.54, 1.807) is 4.57 Å². The highest BCUT2D eigenvalue weighted by atomic mass is 16.3. The molecule has 0 bridgehead atoms. The Balaban J connectivity index is 1.97. The van der Waals surface area contributed by atoms with Crippen LogP contribution in [0.5, 0.6) is 0 Å². The van der Waals surface area contributed by atoms with Gasteiger partial charge in [0.15, 0.2) is 0 Å². The number of aromatic nitrogens is 2. The lowest BCUT2D eigenvalue weighted by molar-refractivity contribution is 0.565. The maximum absolute atomic E-state index is 13.1. The molecular formula is C21H20N2O2. The second-order valence-electron chi connectivity index (χ2n) is 6.78. The van der Waals surface area contributed by atoms with E-state index < -0.39 is 0 Å². The van der Waals surface area contributed by atoms with E-state index in [0.29, 0.717) is 29.1 Å². The lowest BCUT2D eigenvalue weighted by Crippen LogP contribution is -2.26. The first-order valence-electron chi connectivity index (χ1n) is 8.58. The molecular weight excluding hydrogens is 312 g/mol. The molecule has 0 fully saturated rings. The van der Waals surface area contributed by atoms with Crippen molar-refractivity contribution in [2.45, 2.75) is 26.8 Å². The van der Waals surface area contributed by atoms with Gasteiger partial charge in [0.05, 0.1) is 6.54 Å². The van der Waals surface area contributed by atoms with Gasteiger partial charge in [0, 0.05) is 11.8 Å². The van der Waals surface area contributed by atoms with Crippen LogP contribution in [0.3, 0.4) is 0 Å². The molecule has 2 heterocycles. The summed E-state index contributed by atoms with van der Waals surface area (Å²) in [7, 11) is 0. The zero-order valence-electron chi connectivity index (χ0n) is 14.4. The largest absolute Gasteiger partial charge is 0.448 e. The molecule has 4 rings (SSSR count). The molecule has 0 aliphatic heterocycles. The van der Waals surface area contributed by atoms with Gasteiger partial charge >= 0.3 is 0 Å². The Hall–Kier alpha value is -2.88. The minimum absolute atomic E-state index is 0.110. The van der Waals surface area contributed by atoms with Gasteiger partial charge in [0.25, 0.3) is 5.56 Å². The molecule has 0 amide bonds. The fourth-order valence-corrected chi connectivity index (χ4v) is 3.17. The fraction of sp³-hybridized carbons (Fsp3) is 0.238. The number of hydrogen-bond acceptors (Lipinski definition) is 3. The van der Waals surface area contributed by atoms with Gasteiger partial charge in [0.2, 0.25) is 5.58 Å². The van der Waals surface area contributed by atoms with E-state index in [2.05, 4.69) is 13.8 Å². The van der Waals surface area contributed by atoms with Crippen molar-refractivity contribution in [2.24, 2.45) is 5.92 Å². The third-order valence-corrected chi connectivity index (χ3v) is 4.34. The van der Waals surface area contributed by atoms with Gasteiger partial charge in [-0.1, -0.05) is 56.3 Å². The zero-order valence-corrected chi connectivity index (χ0v) is 14.4. The highest BCUT2D eigenvalue weighted by Crippen LogP contribution is 2.25. The van der Waals surface area contributed by atoms with E-state index in [1.807, 2.05) is 54.6 Å². The van der Waals surface area contributed by atoms with Crippen LogP contribution in [-0.2, 0) is 13.0 Å². The molecule has 0 aliphatic carbocycles. The second kappa shape index (κ2) is 6.20. The van der Waals surface area contributed by atoms with Gasteiger partial charge in [0.1, 0.15) is 16.9 Å². The topological polar surface area (TPSA) is 48.0 Å². The van der Waals surface area contributed by atoms with E-state index in [1.165, 1.54) is 0 Å². The zero-order chi connectivity index (χ0) is 17.4. The first-order valence-corrected chi connectivity index (χ1v) is 8.58. The number of hydrogen-bond donors (Lipinski definition) is 0. The van der Waals surface area contributed by atoms with Crippen LogP contribution >= 0.6 is 0 Å². The summed E-state index contributed by atoms with van der Waals surface area (Å²) in [5.74, 6) is 1.22. The minimum atomic E-state index is -0.110. The Labute approximate surface area is 145 Å². The van der Waals surface area contributed by atoms with Crippen molar-refractivity contribution < 1.29 is 4.42 Å². The van der Waals surface area contributed by atoms with Crippen LogP contribution in [0.4, 0.5) is 0 Å². The maximum atomic E-state index is 13.1. The van der Waals surface area contributed by atoms with Crippen LogP contribution < -0.4 is 5.56 Å². The lowest BCUT2D eigenvalue weighted by Gasteiger charge is -2.13. The van der Waals surface area contributed by atoms with Gasteiger partial charge in [-0.05, 0) is 23.6 Å². The summed E-state index contributed by atoms with van der Waals surface area (Å²) in [5.41, 5.74) is 2.67. The second-order valence-corrected chi connectivity index (χ2v) is 6.78. The summed E-state index contributed by atoms with van der Waals surface area (Å²) in [6.45, 7) is 4.77. The van der Waals surface area contributed by atoms with Crippen molar-refractivity contribution >= 4 is 22.1 Å². The Bertz CT molecular complexity index is 1090. The molecule has 0 spiro atoms. The number of fused-ring (bicyclic) bond motifs is 3. The molecule has 0 saturated heterocycles. The van der Waals surface area contributed by atoms with Crippen LogP contribution in [0.2, 0.25) is 0 Å². The average Bonchev–Trinajstić information content (AvgIpc) is 2.98. The van der Waals surface area contributed by atoms with Crippen molar-refractivity contribution in [3.05, 3.63) is 76.3 Å². The van der Waals surface area contributed by atoms with E-state index >= 15 is 0 Å². The van der Waals surface area contributed by atoms with E-state index in [9.17, 15) is 4.79 Å². The normalized spacial score (nSPS) is 11.6. The molecule has 2 aromatic carbocycles. The number of rotatable bonds is 4. The van der Waals surface area contributed by atoms with Crippen molar-refractivity contribution in [2.75, 3.05) is 0 Å². The van der Waals surface area contributed by atoms with Crippen molar-refractivity contribution in [3.8, 4) is 0 Å². The molecule has 0 N–H and O–H groups in total. The van der Waals surface area contributed by atoms with Crippen molar-refractivity contribution in [1.29, 1.82) is 0 Å². The van der Waals surface area contributed by atoms with Gasteiger partial charge in [-0.25, -0.2) is 4.98 Å². The fourth-order valence-electron chi connectivity index (χ4n) is 3.17. The van der Waals surface area contributed by atoms with Gasteiger partial charge < -0.3 is 4.42 Å². The molecule has 0 radical (unpaired) electrons. The van der Waals surface area contributed by atoms with Crippen LogP contribution in [0, 0.1) is 5.92 Å². The Kier molecular flexibility index (Phi) is 3.88. The number of benzene rings is 2. The predicted octanol–water partition coefficient (Wildman–Crippen LogP) is 4.39. The molecule has 4 nitrogen and oxygen atoms in total. The minimum Gasteiger partial charge on any atom is -0.448 e. The molecule has 0 saturated carbocycles. The van der Waals surface area contributed by atoms with Crippen molar-refractivity contribution in [3.63, 3.8) is 0 Å². The number of furan rings is 1. The van der Waals surface area contributed by atoms with Gasteiger partial charge in [-0.3, -0.25) is 9.36 Å². The first-order chi connectivity index (χ1) is 12.1. The summed E-state index contributed by atoms with van der Waals surface area (Å²) in [4.78, 5) is 18.0. The first kappa shape index (κ1) is 15.6. The van der Waals surface area contributed by atoms with Gasteiger partial charge in [-0.2, -0.15) is 0 Å². The maximum Gasteiger partial charge on any atom is 0.297 e. The van der Waals surface area contributed by atoms with Gasteiger partial charge in [-0.15, -0.1) is 0 Å². The number of nitrogens with zero attached hydrogens (tertiary/aromatic N) is 2. The SMILES string of the molecule is CC(C)Cc1nc2c(oc3ccccc32)c(=O)n1Cc1ccccc1. The monoisotopic (exact) mass is 332 g/mol. The average molecular weight is 332 g/mol. The van der Waals surface area contributed by atoms with Crippen LogP contribution in [0.1, 0.15) is 25.2 Å². The van der Waals surface area contributed by atoms with E-state index in [0.717, 1.165) is 23.2 Å². The Morgan fingerprint density at radius 2 is 1.76 bits per heavy atom. The molecule has 25 heavy (non-hydrogen) atoms. The summed E-state index contributed by atoms with van der Waals surface area (Å²) in [6.07, 6.45) is 0.748. The smallest absolute Gasteiger partial charge is 0.297 e. The molecule has 2 aromatic heterocycles. The molecule has 4 heteroatoms. The third kappa shape index (κ3) is 2.84. The summed E-state index contributed by atoms with van der Waals surface area (Å²) in [6, 6.07) is 17.7. The molecule has 126 valence electrons. The predicted molar refractivity (Wildman–Crippen MR) is 99.9 cm³/mol. The summed E-state index contributed by atoms with van der Waals surface area (Å²) < 4.78 is 7.58. The van der Waals surface area contributed by atoms with Crippen LogP contribution in [0.15, 0.2) is 63.8 Å². The highest BCUT2D eigenvalue weighted by Gasteiger charge is 2.18. The van der Waals surface area contributed by atoms with Crippen LogP contribution in [-0.4, -0.2) is 9.55 Å². The molecule has 0 unspecified atom stereocenters. The molecule has 0 aliphatic rings. The number of para-hydroxylation sites is 1. The summed E-state index contributed by atoms with van der Waals surface area (Å²) in [5, 5.41) is 0.895. The van der Waals surface area contributed by atoms with E-state index in [4.69, 9.17) is 9.40 Å². The van der Waals surface area contributed by atoms with E-state index in [-0.39, 0.29) is 5.56 Å². The Morgan fingerprint density at radius 1 is 1.04 bits per heavy atom. The lowest BCUT2D eigenvalue weighted by atomic mass is 10.1. The summed E-state index contributed by atoms with van der Waals surface area (Å²) >= 11 is 0. The Morgan fingerprint density at radius 3 is 2.52 bits per heavy atom. The van der Waals surface area contributed by atoms with Crippen molar-refractivity contribution in [1.82, 2.24) is 9.55 Å². The third-order valence-electron chi connectivity index (χ3n) is 4.34. The standard InChI is InChI=1S/C21H20N2O2/c1-14(2)12-18-22-19-16-10-6-7-11-17(16)25-20(19)21(24)23(18)13-15-8-4-3-5-9-15/h3-11,14H,12-13H2,1-2H3. The van der Waals surface area contributed by atoms with Crippen LogP contribution in [0.25, 0.3) is 22.1 Å². The molecule has 0 atom stereocenters. The quantitative estimate of drug-likeness (QED) is 0.557. The highest BCUT2D eigenvalue weighted by molar-refractivity contribution is 6.01.